The molecule has 23 heavy (non-hydrogen) atoms. The van der Waals surface area contributed by atoms with Crippen molar-refractivity contribution < 1.29 is 14.9 Å². The molecule has 5 atom stereocenters. The van der Waals surface area contributed by atoms with Crippen molar-refractivity contribution in [1.29, 1.82) is 0 Å². The number of halogens is 1. The molecular weight excluding hydrogens is 379 g/mol. The lowest BCUT2D eigenvalue weighted by atomic mass is 10.00. The summed E-state index contributed by atoms with van der Waals surface area (Å²) in [4.78, 5) is 1.70. The van der Waals surface area contributed by atoms with E-state index in [-0.39, 0.29) is 5.92 Å². The Kier molecular flexibility index (Phi) is 5.54. The summed E-state index contributed by atoms with van der Waals surface area (Å²) in [5, 5.41) is 20.9. The fourth-order valence-electron chi connectivity index (χ4n) is 3.11. The number of rotatable bonds is 4. The molecule has 0 aromatic heterocycles. The molecule has 2 rings (SSSR count). The van der Waals surface area contributed by atoms with Crippen LogP contribution >= 0.6 is 22.8 Å². The quantitative estimate of drug-likeness (QED) is 0.621. The Hall–Kier alpha value is -0.520. The summed E-state index contributed by atoms with van der Waals surface area (Å²) in [6.45, 7) is 9.02. The maximum Gasteiger partial charge on any atom is 0.163 e. The van der Waals surface area contributed by atoms with E-state index in [1.165, 1.54) is 0 Å². The van der Waals surface area contributed by atoms with Crippen LogP contribution in [-0.2, 0) is 4.74 Å². The van der Waals surface area contributed by atoms with Crippen molar-refractivity contribution in [2.75, 3.05) is 19.5 Å². The molecule has 0 amide bonds. The Balaban J connectivity index is 2.17. The topological polar surface area (TPSA) is 79.0 Å². The van der Waals surface area contributed by atoms with E-state index in [0.717, 1.165) is 6.16 Å². The fraction of sp³-hybridized carbons (Fsp3) is 0.562. The molecule has 0 bridgehead atoms. The normalized spacial score (nSPS) is 33.5. The zero-order chi connectivity index (χ0) is 17.5. The third-order valence-corrected chi connectivity index (χ3v) is 6.30. The zero-order valence-electron chi connectivity index (χ0n) is 13.8. The van der Waals surface area contributed by atoms with Crippen LogP contribution < -0.4 is 5.73 Å². The van der Waals surface area contributed by atoms with Gasteiger partial charge in [0.05, 0.1) is 10.6 Å². The highest BCUT2D eigenvalue weighted by molar-refractivity contribution is 9.12. The van der Waals surface area contributed by atoms with Crippen molar-refractivity contribution in [3.63, 3.8) is 0 Å². The van der Waals surface area contributed by atoms with Gasteiger partial charge < -0.3 is 25.6 Å². The van der Waals surface area contributed by atoms with Crippen molar-refractivity contribution in [2.24, 2.45) is 11.7 Å². The van der Waals surface area contributed by atoms with E-state index in [4.69, 9.17) is 10.5 Å². The van der Waals surface area contributed by atoms with E-state index in [0.29, 0.717) is 15.9 Å². The molecule has 1 fully saturated rings. The number of aliphatic hydroxyl groups excluding tert-OH is 2. The number of allylic oxidation sites excluding steroid dienone is 2. The van der Waals surface area contributed by atoms with Crippen molar-refractivity contribution in [2.45, 2.75) is 31.5 Å². The molecule has 0 spiro atoms. The molecule has 0 aromatic rings. The molecule has 0 saturated carbocycles. The van der Waals surface area contributed by atoms with Crippen LogP contribution in [-0.4, -0.2) is 65.4 Å². The third-order valence-electron chi connectivity index (χ3n) is 4.07. The molecule has 2 heterocycles. The van der Waals surface area contributed by atoms with E-state index in [9.17, 15) is 10.2 Å². The second-order valence-corrected chi connectivity index (χ2v) is 12.1. The Bertz CT molecular complexity index is 598. The molecule has 0 aromatic carbocycles. The van der Waals surface area contributed by atoms with Crippen LogP contribution in [0, 0.1) is 5.92 Å². The van der Waals surface area contributed by atoms with E-state index >= 15 is 0 Å². The predicted octanol–water partition coefficient (Wildman–Crippen LogP) is 1.69. The van der Waals surface area contributed by atoms with Crippen LogP contribution in [0.15, 0.2) is 34.7 Å². The fourth-order valence-corrected chi connectivity index (χ4v) is 5.21. The number of nitrogens with two attached hydrogens (primary N) is 1. The van der Waals surface area contributed by atoms with Crippen LogP contribution in [0.3, 0.4) is 0 Å². The van der Waals surface area contributed by atoms with Crippen molar-refractivity contribution in [1.82, 2.24) is 4.90 Å². The van der Waals surface area contributed by atoms with E-state index < -0.39 is 31.4 Å². The molecule has 4 N–H and O–H groups in total. The summed E-state index contributed by atoms with van der Waals surface area (Å²) in [6.07, 6.45) is 5.46. The monoisotopic (exact) mass is 404 g/mol. The summed E-state index contributed by atoms with van der Waals surface area (Å²) in [7, 11) is 0. The first kappa shape index (κ1) is 18.8. The van der Waals surface area contributed by atoms with Crippen LogP contribution in [0.1, 0.15) is 6.92 Å². The van der Waals surface area contributed by atoms with Gasteiger partial charge in [-0.25, -0.2) is 0 Å². The molecule has 5 nitrogen and oxygen atoms in total. The average molecular weight is 405 g/mol. The van der Waals surface area contributed by atoms with E-state index in [1.807, 2.05) is 6.92 Å². The van der Waals surface area contributed by atoms with Crippen LogP contribution in [0.4, 0.5) is 0 Å². The van der Waals surface area contributed by atoms with Gasteiger partial charge >= 0.3 is 0 Å². The van der Waals surface area contributed by atoms with Crippen LogP contribution in [0.25, 0.3) is 0 Å². The minimum atomic E-state index is -1.25. The first-order valence-corrected chi connectivity index (χ1v) is 11.4. The summed E-state index contributed by atoms with van der Waals surface area (Å²) >= 11 is 3.37. The van der Waals surface area contributed by atoms with Gasteiger partial charge in [0.1, 0.15) is 12.2 Å². The van der Waals surface area contributed by atoms with Gasteiger partial charge in [-0.2, -0.15) is 0 Å². The van der Waals surface area contributed by atoms with Crippen molar-refractivity contribution >= 4 is 29.1 Å². The van der Waals surface area contributed by atoms with E-state index in [1.54, 1.807) is 17.2 Å². The number of aliphatic hydroxyl groups is 2. The molecule has 2 aliphatic rings. The zero-order valence-corrected chi connectivity index (χ0v) is 16.3. The number of ether oxygens (including phenoxy) is 1. The highest BCUT2D eigenvalue weighted by Gasteiger charge is 2.47. The van der Waals surface area contributed by atoms with Gasteiger partial charge in [-0.05, 0) is 47.4 Å². The van der Waals surface area contributed by atoms with Gasteiger partial charge in [0.2, 0.25) is 0 Å². The Morgan fingerprint density at radius 2 is 2.04 bits per heavy atom. The largest absolute Gasteiger partial charge is 0.398 e. The summed E-state index contributed by atoms with van der Waals surface area (Å²) < 4.78 is 6.70. The molecule has 7 heteroatoms. The minimum Gasteiger partial charge on any atom is -0.398 e. The number of hydrogen-bond donors (Lipinski definition) is 3. The Morgan fingerprint density at radius 3 is 2.61 bits per heavy atom. The highest BCUT2D eigenvalue weighted by Crippen LogP contribution is 2.41. The van der Waals surface area contributed by atoms with Gasteiger partial charge in [-0.3, -0.25) is 0 Å². The molecule has 0 radical (unpaired) electrons. The van der Waals surface area contributed by atoms with Gasteiger partial charge in [0.15, 0.2) is 6.23 Å². The van der Waals surface area contributed by atoms with Crippen molar-refractivity contribution in [3.05, 3.63) is 34.7 Å². The Morgan fingerprint density at radius 1 is 1.43 bits per heavy atom. The lowest BCUT2D eigenvalue weighted by molar-refractivity contribution is -0.0666. The Labute approximate surface area is 146 Å². The van der Waals surface area contributed by atoms with E-state index in [2.05, 4.69) is 42.1 Å². The first-order chi connectivity index (χ1) is 10.5. The molecule has 0 aliphatic carbocycles. The number of hydrogen-bond acceptors (Lipinski definition) is 5. The highest BCUT2D eigenvalue weighted by atomic mass is 79.9. The minimum absolute atomic E-state index is 0.108. The third kappa shape index (κ3) is 4.12. The summed E-state index contributed by atoms with van der Waals surface area (Å²) in [5.41, 5.74) is 7.01. The lowest BCUT2D eigenvalue weighted by Crippen LogP contribution is -2.41. The van der Waals surface area contributed by atoms with Gasteiger partial charge in [-0.15, -0.1) is 13.2 Å². The number of nitrogens with zero attached hydrogens (tertiary/aromatic N) is 1. The maximum absolute atomic E-state index is 10.4. The SMILES string of the molecule is C=C1C=C(N)C(Br)=CN1[C@@H]1O[C@H](C(C)CP(=C)(C)C)[C@@H](O)[C@H]1O. The molecular formula is C16H26BrN2O3P. The van der Waals surface area contributed by atoms with Crippen LogP contribution in [0.2, 0.25) is 0 Å². The molecule has 1 unspecified atom stereocenters. The predicted molar refractivity (Wildman–Crippen MR) is 101 cm³/mol. The summed E-state index contributed by atoms with van der Waals surface area (Å²) in [6, 6.07) is 0. The van der Waals surface area contributed by atoms with Gasteiger partial charge in [0, 0.05) is 17.6 Å². The van der Waals surface area contributed by atoms with Crippen LogP contribution in [0.5, 0.6) is 0 Å². The molecule has 130 valence electrons. The average Bonchev–Trinajstić information content (AvgIpc) is 2.69. The second kappa shape index (κ2) is 6.77. The second-order valence-electron chi connectivity index (χ2n) is 7.04. The lowest BCUT2D eigenvalue weighted by Gasteiger charge is -2.32. The smallest absolute Gasteiger partial charge is 0.163 e. The first-order valence-electron chi connectivity index (χ1n) is 7.52. The standard InChI is InChI=1S/C16H26BrN2O3P/c1-9(8-23(3,4)5)15-13(20)14(21)16(22-15)19-7-11(17)12(18)6-10(19)2/h6-7,9,13-16,20-21H,2-3,8,18H2,1,4-5H3/t9?,13-,14+,15+,16+/m0/s1. The maximum atomic E-state index is 10.4. The summed E-state index contributed by atoms with van der Waals surface area (Å²) in [5.74, 6) is 0.108. The van der Waals surface area contributed by atoms with Gasteiger partial charge in [0.25, 0.3) is 0 Å². The van der Waals surface area contributed by atoms with Gasteiger partial charge in [-0.1, -0.05) is 13.5 Å². The van der Waals surface area contributed by atoms with Crippen molar-refractivity contribution in [3.8, 4) is 0 Å². The molecule has 2 aliphatic heterocycles. The molecule has 1 saturated heterocycles.